The molecule has 3 amide bonds. The zero-order valence-corrected chi connectivity index (χ0v) is 17.8. The molecule has 0 radical (unpaired) electrons. The number of likely N-dealkylation sites (tertiary alicyclic amines) is 1. The van der Waals surface area contributed by atoms with E-state index in [0.29, 0.717) is 25.3 Å². The molecule has 1 aliphatic rings. The zero-order chi connectivity index (χ0) is 21.3. The molecule has 1 atom stereocenters. The van der Waals surface area contributed by atoms with Crippen LogP contribution < -0.4 is 15.4 Å². The molecule has 2 aromatic carbocycles. The van der Waals surface area contributed by atoms with E-state index < -0.39 is 0 Å². The van der Waals surface area contributed by atoms with Crippen molar-refractivity contribution < 1.29 is 14.3 Å². The van der Waals surface area contributed by atoms with E-state index in [2.05, 4.69) is 16.7 Å². The van der Waals surface area contributed by atoms with Gasteiger partial charge in [-0.2, -0.15) is 0 Å². The molecule has 6 heteroatoms. The van der Waals surface area contributed by atoms with Gasteiger partial charge >= 0.3 is 6.03 Å². The first-order valence-corrected chi connectivity index (χ1v) is 10.8. The van der Waals surface area contributed by atoms with Crippen LogP contribution in [0.25, 0.3) is 0 Å². The summed E-state index contributed by atoms with van der Waals surface area (Å²) in [6.07, 6.45) is 2.85. The Kier molecular flexibility index (Phi) is 7.71. The Labute approximate surface area is 178 Å². The summed E-state index contributed by atoms with van der Waals surface area (Å²) in [4.78, 5) is 26.9. The van der Waals surface area contributed by atoms with Crippen LogP contribution in [0.5, 0.6) is 5.75 Å². The minimum Gasteiger partial charge on any atom is -0.494 e. The molecule has 6 nitrogen and oxygen atoms in total. The van der Waals surface area contributed by atoms with E-state index in [0.717, 1.165) is 42.8 Å². The monoisotopic (exact) mass is 409 g/mol. The molecule has 2 N–H and O–H groups in total. The lowest BCUT2D eigenvalue weighted by Gasteiger charge is -2.33. The number of anilines is 1. The van der Waals surface area contributed by atoms with Gasteiger partial charge in [-0.15, -0.1) is 0 Å². The summed E-state index contributed by atoms with van der Waals surface area (Å²) in [5.74, 6) is 0.972. The highest BCUT2D eigenvalue weighted by Crippen LogP contribution is 2.28. The van der Waals surface area contributed by atoms with E-state index >= 15 is 0 Å². The number of amides is 3. The van der Waals surface area contributed by atoms with Gasteiger partial charge in [0.1, 0.15) is 5.75 Å². The van der Waals surface area contributed by atoms with Gasteiger partial charge in [-0.25, -0.2) is 4.79 Å². The number of hydrogen-bond acceptors (Lipinski definition) is 3. The second-order valence-corrected chi connectivity index (χ2v) is 7.55. The minimum absolute atomic E-state index is 0.0420. The fourth-order valence-electron chi connectivity index (χ4n) is 3.71. The number of carbonyl (C=O) groups is 2. The van der Waals surface area contributed by atoms with E-state index in [4.69, 9.17) is 4.74 Å². The van der Waals surface area contributed by atoms with Crippen LogP contribution in [0.3, 0.4) is 0 Å². The van der Waals surface area contributed by atoms with Gasteiger partial charge < -0.3 is 20.3 Å². The summed E-state index contributed by atoms with van der Waals surface area (Å²) < 4.78 is 5.44. The highest BCUT2D eigenvalue weighted by molar-refractivity contribution is 5.94. The van der Waals surface area contributed by atoms with Crippen LogP contribution in [0.4, 0.5) is 10.5 Å². The summed E-state index contributed by atoms with van der Waals surface area (Å²) in [5, 5.41) is 5.90. The highest BCUT2D eigenvalue weighted by atomic mass is 16.5. The van der Waals surface area contributed by atoms with Crippen molar-refractivity contribution in [2.75, 3.05) is 31.6 Å². The standard InChI is InChI=1S/C24H31N3O3/c1-3-14-25-23(28)19-8-5-7-18(16-19)20-9-6-15-27(17-20)24(29)26-21-10-12-22(13-11-21)30-4-2/h5,7-8,10-13,16,20H,3-4,6,9,14-15,17H2,1-2H3,(H,25,28)(H,26,29)/t20-/m1/s1. The third-order valence-corrected chi connectivity index (χ3v) is 5.28. The van der Waals surface area contributed by atoms with E-state index in [1.165, 1.54) is 0 Å². The van der Waals surface area contributed by atoms with Crippen molar-refractivity contribution in [1.82, 2.24) is 10.2 Å². The van der Waals surface area contributed by atoms with Gasteiger partial charge in [-0.3, -0.25) is 4.79 Å². The Morgan fingerprint density at radius 1 is 1.13 bits per heavy atom. The van der Waals surface area contributed by atoms with E-state index in [9.17, 15) is 9.59 Å². The van der Waals surface area contributed by atoms with Gasteiger partial charge in [0.15, 0.2) is 0 Å². The average Bonchev–Trinajstić information content (AvgIpc) is 2.79. The molecular weight excluding hydrogens is 378 g/mol. The Morgan fingerprint density at radius 3 is 2.67 bits per heavy atom. The topological polar surface area (TPSA) is 70.7 Å². The molecule has 0 bridgehead atoms. The summed E-state index contributed by atoms with van der Waals surface area (Å²) in [5.41, 5.74) is 2.54. The maximum Gasteiger partial charge on any atom is 0.321 e. The SMILES string of the molecule is CCCNC(=O)c1cccc([C@@H]2CCCN(C(=O)Nc3ccc(OCC)cc3)C2)c1. The molecule has 0 aliphatic carbocycles. The van der Waals surface area contributed by atoms with Gasteiger partial charge in [0.2, 0.25) is 0 Å². The second kappa shape index (κ2) is 10.7. The molecule has 1 heterocycles. The van der Waals surface area contributed by atoms with Crippen molar-refractivity contribution in [3.05, 3.63) is 59.7 Å². The van der Waals surface area contributed by atoms with Crippen molar-refractivity contribution in [1.29, 1.82) is 0 Å². The maximum absolute atomic E-state index is 12.8. The number of urea groups is 1. The van der Waals surface area contributed by atoms with E-state index in [-0.39, 0.29) is 17.9 Å². The van der Waals surface area contributed by atoms with Crippen LogP contribution >= 0.6 is 0 Å². The number of ether oxygens (including phenoxy) is 1. The third-order valence-electron chi connectivity index (χ3n) is 5.28. The van der Waals surface area contributed by atoms with E-state index in [1.54, 1.807) is 0 Å². The van der Waals surface area contributed by atoms with Gasteiger partial charge in [-0.1, -0.05) is 19.1 Å². The molecule has 1 saturated heterocycles. The summed E-state index contributed by atoms with van der Waals surface area (Å²) >= 11 is 0. The Balaban J connectivity index is 1.62. The van der Waals surface area contributed by atoms with Crippen LogP contribution in [0.1, 0.15) is 54.9 Å². The number of carbonyl (C=O) groups excluding carboxylic acids is 2. The van der Waals surface area contributed by atoms with Crippen LogP contribution in [0, 0.1) is 0 Å². The van der Waals surface area contributed by atoms with Crippen molar-refractivity contribution in [3.63, 3.8) is 0 Å². The van der Waals surface area contributed by atoms with Crippen LogP contribution in [-0.2, 0) is 0 Å². The summed E-state index contributed by atoms with van der Waals surface area (Å²) in [6, 6.07) is 15.1. The predicted octanol–water partition coefficient (Wildman–Crippen LogP) is 4.64. The first kappa shape index (κ1) is 21.7. The first-order chi connectivity index (χ1) is 14.6. The number of nitrogens with one attached hydrogen (secondary N) is 2. The molecule has 3 rings (SSSR count). The Morgan fingerprint density at radius 2 is 1.93 bits per heavy atom. The molecule has 1 fully saturated rings. The van der Waals surface area contributed by atoms with Gasteiger partial charge in [0.05, 0.1) is 6.61 Å². The average molecular weight is 410 g/mol. The molecule has 0 spiro atoms. The smallest absolute Gasteiger partial charge is 0.321 e. The van der Waals surface area contributed by atoms with Crippen molar-refractivity contribution in [2.24, 2.45) is 0 Å². The molecule has 0 aromatic heterocycles. The number of hydrogen-bond donors (Lipinski definition) is 2. The maximum atomic E-state index is 12.8. The fourth-order valence-corrected chi connectivity index (χ4v) is 3.71. The number of rotatable bonds is 7. The van der Waals surface area contributed by atoms with Crippen molar-refractivity contribution in [3.8, 4) is 5.75 Å². The number of piperidine rings is 1. The molecule has 160 valence electrons. The van der Waals surface area contributed by atoms with Gasteiger partial charge in [0.25, 0.3) is 5.91 Å². The molecule has 0 saturated carbocycles. The van der Waals surface area contributed by atoms with Crippen LogP contribution in [0.2, 0.25) is 0 Å². The summed E-state index contributed by atoms with van der Waals surface area (Å²) in [6.45, 7) is 6.63. The lowest BCUT2D eigenvalue weighted by atomic mass is 9.89. The second-order valence-electron chi connectivity index (χ2n) is 7.55. The van der Waals surface area contributed by atoms with Crippen molar-refractivity contribution >= 4 is 17.6 Å². The number of nitrogens with zero attached hydrogens (tertiary/aromatic N) is 1. The molecule has 1 aliphatic heterocycles. The van der Waals surface area contributed by atoms with Crippen LogP contribution in [0.15, 0.2) is 48.5 Å². The predicted molar refractivity (Wildman–Crippen MR) is 119 cm³/mol. The third kappa shape index (κ3) is 5.75. The Hall–Kier alpha value is -3.02. The van der Waals surface area contributed by atoms with Crippen molar-refractivity contribution in [2.45, 2.75) is 39.0 Å². The lowest BCUT2D eigenvalue weighted by molar-refractivity contribution is 0.0953. The van der Waals surface area contributed by atoms with Gasteiger partial charge in [-0.05, 0) is 68.1 Å². The fraction of sp³-hybridized carbons (Fsp3) is 0.417. The van der Waals surface area contributed by atoms with Crippen LogP contribution in [-0.4, -0.2) is 43.1 Å². The highest BCUT2D eigenvalue weighted by Gasteiger charge is 2.25. The first-order valence-electron chi connectivity index (χ1n) is 10.8. The normalized spacial score (nSPS) is 16.1. The largest absolute Gasteiger partial charge is 0.494 e. The van der Waals surface area contributed by atoms with Gasteiger partial charge in [0, 0.05) is 36.8 Å². The Bertz CT molecular complexity index is 851. The quantitative estimate of drug-likeness (QED) is 0.700. The zero-order valence-electron chi connectivity index (χ0n) is 17.8. The molecular formula is C24H31N3O3. The lowest BCUT2D eigenvalue weighted by Crippen LogP contribution is -2.41. The number of benzene rings is 2. The minimum atomic E-state index is -0.0966. The summed E-state index contributed by atoms with van der Waals surface area (Å²) in [7, 11) is 0. The molecule has 30 heavy (non-hydrogen) atoms. The molecule has 0 unspecified atom stereocenters. The molecule has 2 aromatic rings. The van der Waals surface area contributed by atoms with E-state index in [1.807, 2.05) is 61.2 Å².